The zero-order valence-electron chi connectivity index (χ0n) is 8.92. The Morgan fingerprint density at radius 3 is 2.14 bits per heavy atom. The van der Waals surface area contributed by atoms with Gasteiger partial charge in [-0.1, -0.05) is 48.8 Å². The Morgan fingerprint density at radius 1 is 1.21 bits per heavy atom. The van der Waals surface area contributed by atoms with E-state index in [0.717, 1.165) is 16.5 Å². The molecule has 0 spiro atoms. The Morgan fingerprint density at radius 2 is 1.71 bits per heavy atom. The molecular formula is C12H17BrO. The van der Waals surface area contributed by atoms with Gasteiger partial charge in [-0.3, -0.25) is 0 Å². The van der Waals surface area contributed by atoms with E-state index in [-0.39, 0.29) is 11.5 Å². The quantitative estimate of drug-likeness (QED) is 0.851. The van der Waals surface area contributed by atoms with E-state index in [1.165, 1.54) is 0 Å². The third-order valence-corrected chi connectivity index (χ3v) is 2.59. The average molecular weight is 257 g/mol. The van der Waals surface area contributed by atoms with Crippen LogP contribution in [0.3, 0.4) is 0 Å². The second-order valence-electron chi connectivity index (χ2n) is 4.83. The van der Waals surface area contributed by atoms with Crippen molar-refractivity contribution in [2.45, 2.75) is 33.3 Å². The lowest BCUT2D eigenvalue weighted by atomic mass is 9.87. The predicted octanol–water partition coefficient (Wildman–Crippen LogP) is 3.92. The van der Waals surface area contributed by atoms with Crippen LogP contribution in [0.1, 0.15) is 38.9 Å². The maximum atomic E-state index is 9.93. The van der Waals surface area contributed by atoms with Crippen molar-refractivity contribution in [3.05, 3.63) is 34.3 Å². The van der Waals surface area contributed by atoms with Crippen LogP contribution < -0.4 is 0 Å². The van der Waals surface area contributed by atoms with Gasteiger partial charge in [0.25, 0.3) is 0 Å². The van der Waals surface area contributed by atoms with Gasteiger partial charge in [-0.2, -0.15) is 0 Å². The van der Waals surface area contributed by atoms with Crippen LogP contribution in [0.2, 0.25) is 0 Å². The molecule has 0 aliphatic rings. The van der Waals surface area contributed by atoms with Crippen molar-refractivity contribution in [2.24, 2.45) is 5.41 Å². The van der Waals surface area contributed by atoms with E-state index >= 15 is 0 Å². The SMILES string of the molecule is CC(C)(C)CC(O)c1ccc(Br)cc1. The van der Waals surface area contributed by atoms with Crippen molar-refractivity contribution in [2.75, 3.05) is 0 Å². The topological polar surface area (TPSA) is 20.2 Å². The van der Waals surface area contributed by atoms with Gasteiger partial charge in [-0.25, -0.2) is 0 Å². The van der Waals surface area contributed by atoms with E-state index in [1.807, 2.05) is 24.3 Å². The molecule has 14 heavy (non-hydrogen) atoms. The Kier molecular flexibility index (Phi) is 3.73. The van der Waals surface area contributed by atoms with Crippen LogP contribution in [0.4, 0.5) is 0 Å². The molecule has 0 radical (unpaired) electrons. The van der Waals surface area contributed by atoms with Gasteiger partial charge in [-0.05, 0) is 29.5 Å². The normalized spacial score (nSPS) is 14.1. The van der Waals surface area contributed by atoms with Crippen molar-refractivity contribution in [3.63, 3.8) is 0 Å². The Bertz CT molecular complexity index is 284. The van der Waals surface area contributed by atoms with E-state index < -0.39 is 0 Å². The highest BCUT2D eigenvalue weighted by Crippen LogP contribution is 2.29. The Labute approximate surface area is 94.3 Å². The summed E-state index contributed by atoms with van der Waals surface area (Å²) in [5.41, 5.74) is 1.15. The molecule has 0 heterocycles. The van der Waals surface area contributed by atoms with Crippen LogP contribution >= 0.6 is 15.9 Å². The van der Waals surface area contributed by atoms with Gasteiger partial charge in [-0.15, -0.1) is 0 Å². The minimum atomic E-state index is -0.358. The molecule has 0 aromatic heterocycles. The smallest absolute Gasteiger partial charge is 0.0795 e. The molecule has 1 unspecified atom stereocenters. The van der Waals surface area contributed by atoms with Gasteiger partial charge in [0.15, 0.2) is 0 Å². The molecule has 1 rings (SSSR count). The minimum Gasteiger partial charge on any atom is -0.388 e. The maximum Gasteiger partial charge on any atom is 0.0795 e. The summed E-state index contributed by atoms with van der Waals surface area (Å²) < 4.78 is 1.05. The minimum absolute atomic E-state index is 0.159. The standard InChI is InChI=1S/C12H17BrO/c1-12(2,3)8-11(14)9-4-6-10(13)7-5-9/h4-7,11,14H,8H2,1-3H3. The molecule has 1 atom stereocenters. The third-order valence-electron chi connectivity index (χ3n) is 2.06. The molecule has 0 bridgehead atoms. The fraction of sp³-hybridized carbons (Fsp3) is 0.500. The monoisotopic (exact) mass is 256 g/mol. The fourth-order valence-corrected chi connectivity index (χ4v) is 1.65. The van der Waals surface area contributed by atoms with Crippen LogP contribution in [-0.4, -0.2) is 5.11 Å². The first-order valence-corrected chi connectivity index (χ1v) is 5.61. The maximum absolute atomic E-state index is 9.93. The Hall–Kier alpha value is -0.340. The van der Waals surface area contributed by atoms with E-state index in [9.17, 15) is 5.11 Å². The predicted molar refractivity (Wildman–Crippen MR) is 63.2 cm³/mol. The second-order valence-corrected chi connectivity index (χ2v) is 5.75. The molecule has 0 aliphatic carbocycles. The molecule has 1 aromatic rings. The van der Waals surface area contributed by atoms with Crippen LogP contribution in [0, 0.1) is 5.41 Å². The highest BCUT2D eigenvalue weighted by atomic mass is 79.9. The van der Waals surface area contributed by atoms with Gasteiger partial charge in [0.1, 0.15) is 0 Å². The van der Waals surface area contributed by atoms with Gasteiger partial charge >= 0.3 is 0 Å². The summed E-state index contributed by atoms with van der Waals surface area (Å²) >= 11 is 3.37. The summed E-state index contributed by atoms with van der Waals surface area (Å²) in [6.45, 7) is 6.40. The lowest BCUT2D eigenvalue weighted by Gasteiger charge is -2.22. The van der Waals surface area contributed by atoms with Gasteiger partial charge in [0.2, 0.25) is 0 Å². The second kappa shape index (κ2) is 4.45. The number of benzene rings is 1. The number of rotatable bonds is 2. The zero-order chi connectivity index (χ0) is 10.8. The van der Waals surface area contributed by atoms with E-state index in [4.69, 9.17) is 0 Å². The molecule has 0 saturated carbocycles. The fourth-order valence-electron chi connectivity index (χ4n) is 1.38. The van der Waals surface area contributed by atoms with E-state index in [1.54, 1.807) is 0 Å². The van der Waals surface area contributed by atoms with Gasteiger partial charge in [0, 0.05) is 4.47 Å². The number of halogens is 1. The highest BCUT2D eigenvalue weighted by Gasteiger charge is 2.17. The molecule has 0 aliphatic heterocycles. The molecule has 0 amide bonds. The van der Waals surface area contributed by atoms with Crippen molar-refractivity contribution in [1.82, 2.24) is 0 Å². The van der Waals surface area contributed by atoms with Crippen LogP contribution in [0.5, 0.6) is 0 Å². The van der Waals surface area contributed by atoms with Crippen LogP contribution in [0.25, 0.3) is 0 Å². The lowest BCUT2D eigenvalue weighted by molar-refractivity contribution is 0.122. The third kappa shape index (κ3) is 3.81. The average Bonchev–Trinajstić information content (AvgIpc) is 2.02. The van der Waals surface area contributed by atoms with Gasteiger partial charge < -0.3 is 5.11 Å². The van der Waals surface area contributed by atoms with Crippen molar-refractivity contribution in [3.8, 4) is 0 Å². The molecular weight excluding hydrogens is 240 g/mol. The molecule has 1 N–H and O–H groups in total. The first-order valence-electron chi connectivity index (χ1n) is 4.82. The summed E-state index contributed by atoms with van der Waals surface area (Å²) in [4.78, 5) is 0. The van der Waals surface area contributed by atoms with Crippen LogP contribution in [-0.2, 0) is 0 Å². The van der Waals surface area contributed by atoms with Crippen molar-refractivity contribution < 1.29 is 5.11 Å². The molecule has 78 valence electrons. The Balaban J connectivity index is 2.70. The number of aliphatic hydroxyl groups is 1. The zero-order valence-corrected chi connectivity index (χ0v) is 10.5. The molecule has 0 fully saturated rings. The number of hydrogen-bond donors (Lipinski definition) is 1. The molecule has 0 saturated heterocycles. The molecule has 2 heteroatoms. The summed E-state index contributed by atoms with van der Waals surface area (Å²) in [6.07, 6.45) is 0.428. The van der Waals surface area contributed by atoms with E-state index in [0.29, 0.717) is 0 Å². The molecule has 1 nitrogen and oxygen atoms in total. The largest absolute Gasteiger partial charge is 0.388 e. The first kappa shape index (κ1) is 11.7. The van der Waals surface area contributed by atoms with Gasteiger partial charge in [0.05, 0.1) is 6.10 Å². The lowest BCUT2D eigenvalue weighted by Crippen LogP contribution is -2.11. The first-order chi connectivity index (χ1) is 6.38. The number of aliphatic hydroxyl groups excluding tert-OH is 1. The van der Waals surface area contributed by atoms with Crippen molar-refractivity contribution >= 4 is 15.9 Å². The summed E-state index contributed by atoms with van der Waals surface area (Å²) in [7, 11) is 0. The van der Waals surface area contributed by atoms with Crippen molar-refractivity contribution in [1.29, 1.82) is 0 Å². The molecule has 1 aromatic carbocycles. The number of hydrogen-bond acceptors (Lipinski definition) is 1. The van der Waals surface area contributed by atoms with E-state index in [2.05, 4.69) is 36.7 Å². The highest BCUT2D eigenvalue weighted by molar-refractivity contribution is 9.10. The summed E-state index contributed by atoms with van der Waals surface area (Å²) in [5.74, 6) is 0. The summed E-state index contributed by atoms with van der Waals surface area (Å²) in [6, 6.07) is 7.84. The summed E-state index contributed by atoms with van der Waals surface area (Å²) in [5, 5.41) is 9.93. The van der Waals surface area contributed by atoms with Crippen LogP contribution in [0.15, 0.2) is 28.7 Å².